The van der Waals surface area contributed by atoms with E-state index in [2.05, 4.69) is 11.8 Å². The summed E-state index contributed by atoms with van der Waals surface area (Å²) in [6, 6.07) is 10.1. The lowest BCUT2D eigenvalue weighted by atomic mass is 9.96. The summed E-state index contributed by atoms with van der Waals surface area (Å²) < 4.78 is 12.1. The van der Waals surface area contributed by atoms with Gasteiger partial charge in [0.25, 0.3) is 0 Å². The summed E-state index contributed by atoms with van der Waals surface area (Å²) in [5.41, 5.74) is 1.06. The zero-order chi connectivity index (χ0) is 14.9. The third-order valence-corrected chi connectivity index (χ3v) is 4.64. The first-order valence-corrected chi connectivity index (χ1v) is 7.84. The van der Waals surface area contributed by atoms with Gasteiger partial charge in [0.15, 0.2) is 5.79 Å². The molecular weight excluding hydrogens is 266 g/mol. The van der Waals surface area contributed by atoms with E-state index in [-0.39, 0.29) is 12.2 Å². The summed E-state index contributed by atoms with van der Waals surface area (Å²) in [6.45, 7) is 7.47. The summed E-state index contributed by atoms with van der Waals surface area (Å²) in [6.07, 6.45) is 0.791. The Hall–Kier alpha value is -0.940. The zero-order valence-corrected chi connectivity index (χ0v) is 12.9. The average molecular weight is 291 g/mol. The van der Waals surface area contributed by atoms with Gasteiger partial charge in [0.2, 0.25) is 0 Å². The highest BCUT2D eigenvalue weighted by Gasteiger charge is 2.39. The van der Waals surface area contributed by atoms with Crippen molar-refractivity contribution >= 4 is 0 Å². The predicted molar refractivity (Wildman–Crippen MR) is 80.8 cm³/mol. The van der Waals surface area contributed by atoms with Crippen LogP contribution in [0.2, 0.25) is 0 Å². The molecule has 2 aliphatic rings. The van der Waals surface area contributed by atoms with E-state index in [9.17, 15) is 5.11 Å². The number of aliphatic hydroxyl groups is 1. The molecule has 3 rings (SSSR count). The van der Waals surface area contributed by atoms with Crippen LogP contribution in [-0.4, -0.2) is 48.5 Å². The van der Waals surface area contributed by atoms with Gasteiger partial charge in [0.1, 0.15) is 0 Å². The van der Waals surface area contributed by atoms with Crippen LogP contribution in [0.3, 0.4) is 0 Å². The Bertz CT molecular complexity index is 466. The van der Waals surface area contributed by atoms with Crippen molar-refractivity contribution in [3.63, 3.8) is 0 Å². The molecule has 21 heavy (non-hydrogen) atoms. The van der Waals surface area contributed by atoms with E-state index in [0.29, 0.717) is 12.5 Å². The number of benzene rings is 1. The SMILES string of the molecule is CC1CN(CC2COC(C)(c3ccccc3)O2)CCC1O. The standard InChI is InChI=1S/C17H25NO3/c1-13-10-18(9-8-16(13)19)11-15-12-20-17(2,21-15)14-6-4-3-5-7-14/h3-7,13,15-16,19H,8-12H2,1-2H3. The molecule has 1 aromatic rings. The molecule has 4 atom stereocenters. The summed E-state index contributed by atoms with van der Waals surface area (Å²) in [4.78, 5) is 2.38. The Labute approximate surface area is 126 Å². The van der Waals surface area contributed by atoms with Crippen molar-refractivity contribution in [2.45, 2.75) is 38.3 Å². The number of piperidine rings is 1. The molecule has 0 spiro atoms. The molecule has 2 fully saturated rings. The lowest BCUT2D eigenvalue weighted by Gasteiger charge is -2.35. The Kier molecular flexibility index (Phi) is 4.31. The fourth-order valence-corrected chi connectivity index (χ4v) is 3.29. The second-order valence-electron chi connectivity index (χ2n) is 6.46. The highest BCUT2D eigenvalue weighted by Crippen LogP contribution is 2.34. The number of likely N-dealkylation sites (tertiary alicyclic amines) is 1. The molecule has 4 nitrogen and oxygen atoms in total. The molecule has 116 valence electrons. The van der Waals surface area contributed by atoms with Gasteiger partial charge in [-0.25, -0.2) is 0 Å². The lowest BCUT2D eigenvalue weighted by Crippen LogP contribution is -2.45. The van der Waals surface area contributed by atoms with Crippen molar-refractivity contribution in [3.05, 3.63) is 35.9 Å². The molecule has 2 saturated heterocycles. The van der Waals surface area contributed by atoms with Gasteiger partial charge in [0, 0.05) is 25.2 Å². The van der Waals surface area contributed by atoms with Crippen LogP contribution in [0.1, 0.15) is 25.8 Å². The van der Waals surface area contributed by atoms with Crippen LogP contribution in [0.4, 0.5) is 0 Å². The van der Waals surface area contributed by atoms with E-state index in [1.54, 1.807) is 0 Å². The molecule has 1 N–H and O–H groups in total. The molecule has 2 aliphatic heterocycles. The van der Waals surface area contributed by atoms with Crippen molar-refractivity contribution < 1.29 is 14.6 Å². The maximum atomic E-state index is 9.81. The first-order chi connectivity index (χ1) is 10.1. The Morgan fingerprint density at radius 1 is 1.33 bits per heavy atom. The first kappa shape index (κ1) is 15.0. The third kappa shape index (κ3) is 3.29. The van der Waals surface area contributed by atoms with Crippen LogP contribution in [-0.2, 0) is 15.3 Å². The Morgan fingerprint density at radius 3 is 2.81 bits per heavy atom. The third-order valence-electron chi connectivity index (χ3n) is 4.64. The molecule has 4 unspecified atom stereocenters. The monoisotopic (exact) mass is 291 g/mol. The Morgan fingerprint density at radius 2 is 2.10 bits per heavy atom. The number of aliphatic hydroxyl groups excluding tert-OH is 1. The van der Waals surface area contributed by atoms with Crippen molar-refractivity contribution in [2.24, 2.45) is 5.92 Å². The highest BCUT2D eigenvalue weighted by molar-refractivity contribution is 5.20. The quantitative estimate of drug-likeness (QED) is 0.924. The number of ether oxygens (including phenoxy) is 2. The van der Waals surface area contributed by atoms with Gasteiger partial charge in [-0.05, 0) is 19.3 Å². The predicted octanol–water partition coefficient (Wildman–Crippen LogP) is 1.98. The summed E-state index contributed by atoms with van der Waals surface area (Å²) in [5, 5.41) is 9.81. The van der Waals surface area contributed by atoms with Crippen LogP contribution in [0, 0.1) is 5.92 Å². The lowest BCUT2D eigenvalue weighted by molar-refractivity contribution is -0.164. The van der Waals surface area contributed by atoms with E-state index in [1.165, 1.54) is 0 Å². The molecule has 0 aliphatic carbocycles. The summed E-state index contributed by atoms with van der Waals surface area (Å²) in [7, 11) is 0. The largest absolute Gasteiger partial charge is 0.393 e. The van der Waals surface area contributed by atoms with Gasteiger partial charge >= 0.3 is 0 Å². The summed E-state index contributed by atoms with van der Waals surface area (Å²) in [5.74, 6) is -0.297. The van der Waals surface area contributed by atoms with Crippen molar-refractivity contribution in [2.75, 3.05) is 26.2 Å². The second-order valence-corrected chi connectivity index (χ2v) is 6.46. The van der Waals surface area contributed by atoms with Crippen LogP contribution in [0.5, 0.6) is 0 Å². The van der Waals surface area contributed by atoms with Gasteiger partial charge in [0.05, 0.1) is 18.8 Å². The van der Waals surface area contributed by atoms with Crippen LogP contribution in [0.15, 0.2) is 30.3 Å². The number of rotatable bonds is 3. The summed E-state index contributed by atoms with van der Waals surface area (Å²) >= 11 is 0. The van der Waals surface area contributed by atoms with E-state index in [4.69, 9.17) is 9.47 Å². The normalized spacial score (nSPS) is 37.8. The molecule has 0 aromatic heterocycles. The minimum atomic E-state index is -0.632. The van der Waals surface area contributed by atoms with Gasteiger partial charge in [-0.2, -0.15) is 0 Å². The molecular formula is C17H25NO3. The fraction of sp³-hybridized carbons (Fsp3) is 0.647. The van der Waals surface area contributed by atoms with Crippen LogP contribution >= 0.6 is 0 Å². The minimum Gasteiger partial charge on any atom is -0.393 e. The maximum absolute atomic E-state index is 9.81. The van der Waals surface area contributed by atoms with Crippen LogP contribution < -0.4 is 0 Å². The molecule has 1 aromatic carbocycles. The van der Waals surface area contributed by atoms with E-state index < -0.39 is 5.79 Å². The molecule has 0 radical (unpaired) electrons. The molecule has 4 heteroatoms. The van der Waals surface area contributed by atoms with Gasteiger partial charge in [-0.3, -0.25) is 0 Å². The smallest absolute Gasteiger partial charge is 0.192 e. The van der Waals surface area contributed by atoms with Crippen molar-refractivity contribution in [1.82, 2.24) is 4.90 Å². The molecule has 0 bridgehead atoms. The number of nitrogens with zero attached hydrogens (tertiary/aromatic N) is 1. The van der Waals surface area contributed by atoms with Crippen LogP contribution in [0.25, 0.3) is 0 Å². The maximum Gasteiger partial charge on any atom is 0.192 e. The molecule has 2 heterocycles. The zero-order valence-electron chi connectivity index (χ0n) is 12.9. The van der Waals surface area contributed by atoms with Gasteiger partial charge in [-0.1, -0.05) is 37.3 Å². The first-order valence-electron chi connectivity index (χ1n) is 7.84. The topological polar surface area (TPSA) is 41.9 Å². The second kappa shape index (κ2) is 6.05. The number of hydrogen-bond acceptors (Lipinski definition) is 4. The van der Waals surface area contributed by atoms with E-state index in [0.717, 1.165) is 31.6 Å². The average Bonchev–Trinajstić information content (AvgIpc) is 2.87. The van der Waals surface area contributed by atoms with Crippen molar-refractivity contribution in [1.29, 1.82) is 0 Å². The highest BCUT2D eigenvalue weighted by atomic mass is 16.7. The van der Waals surface area contributed by atoms with Crippen molar-refractivity contribution in [3.8, 4) is 0 Å². The van der Waals surface area contributed by atoms with Gasteiger partial charge < -0.3 is 19.5 Å². The van der Waals surface area contributed by atoms with E-state index >= 15 is 0 Å². The van der Waals surface area contributed by atoms with E-state index in [1.807, 2.05) is 37.3 Å². The molecule has 0 amide bonds. The minimum absolute atomic E-state index is 0.0950. The number of hydrogen-bond donors (Lipinski definition) is 1. The molecule has 0 saturated carbocycles. The fourth-order valence-electron chi connectivity index (χ4n) is 3.29. The van der Waals surface area contributed by atoms with Gasteiger partial charge in [-0.15, -0.1) is 0 Å². The Balaban J connectivity index is 1.58.